The number of aliphatic carboxylic acids is 2. The molecule has 0 spiro atoms. The second-order valence-corrected chi connectivity index (χ2v) is 9.39. The van der Waals surface area contributed by atoms with Crippen LogP contribution in [0.4, 0.5) is 0 Å². The Bertz CT molecular complexity index is 918. The number of carbonyl (C=O) groups is 5. The van der Waals surface area contributed by atoms with Crippen molar-refractivity contribution in [2.45, 2.75) is 68.9 Å². The van der Waals surface area contributed by atoms with Gasteiger partial charge in [0.1, 0.15) is 24.4 Å². The van der Waals surface area contributed by atoms with Crippen molar-refractivity contribution in [1.29, 1.82) is 0 Å². The summed E-state index contributed by atoms with van der Waals surface area (Å²) >= 11 is 1.08. The van der Waals surface area contributed by atoms with Gasteiger partial charge in [-0.05, 0) is 31.8 Å². The first-order valence-electron chi connectivity index (χ1n) is 11.3. The Balaban J connectivity index is 2.14. The van der Waals surface area contributed by atoms with E-state index in [4.69, 9.17) is 20.7 Å². The molecule has 0 saturated carbocycles. The number of unbranched alkanes of at least 4 members (excludes halogenated alkanes) is 1. The van der Waals surface area contributed by atoms with Gasteiger partial charge in [0.05, 0.1) is 16.9 Å². The van der Waals surface area contributed by atoms with Gasteiger partial charge in [-0.15, -0.1) is 11.8 Å². The van der Waals surface area contributed by atoms with Crippen LogP contribution in [0.3, 0.4) is 0 Å². The van der Waals surface area contributed by atoms with Crippen molar-refractivity contribution in [2.75, 3.05) is 12.3 Å². The third-order valence-electron chi connectivity index (χ3n) is 5.50. The summed E-state index contributed by atoms with van der Waals surface area (Å²) in [6.45, 7) is 1.32. The molecule has 1 aliphatic carbocycles. The zero-order chi connectivity index (χ0) is 26.1. The number of nitrogens with one attached hydrogen (secondary N) is 2. The molecule has 2 aliphatic rings. The molecule has 12 nitrogen and oxygen atoms in total. The van der Waals surface area contributed by atoms with Crippen LogP contribution in [0.15, 0.2) is 23.0 Å². The number of aliphatic hydroxyl groups is 1. The molecule has 35 heavy (non-hydrogen) atoms. The highest BCUT2D eigenvalue weighted by Gasteiger charge is 2.42. The fourth-order valence-corrected chi connectivity index (χ4v) is 5.03. The number of amides is 2. The number of carboxylic acids is 2. The number of cyclic esters (lactones) is 1. The van der Waals surface area contributed by atoms with E-state index in [1.54, 1.807) is 0 Å². The van der Waals surface area contributed by atoms with E-state index in [1.165, 1.54) is 0 Å². The number of esters is 1. The van der Waals surface area contributed by atoms with Crippen molar-refractivity contribution in [3.05, 3.63) is 23.0 Å². The number of allylic oxidation sites excluding steroid dienone is 2. The van der Waals surface area contributed by atoms with Gasteiger partial charge in [-0.25, -0.2) is 4.79 Å². The lowest BCUT2D eigenvalue weighted by molar-refractivity contribution is -0.139. The van der Waals surface area contributed by atoms with Crippen molar-refractivity contribution in [3.8, 4) is 0 Å². The summed E-state index contributed by atoms with van der Waals surface area (Å²) in [6.07, 6.45) is 2.98. The van der Waals surface area contributed by atoms with Gasteiger partial charge in [0.2, 0.25) is 11.8 Å². The highest BCUT2D eigenvalue weighted by atomic mass is 32.2. The van der Waals surface area contributed by atoms with E-state index >= 15 is 0 Å². The largest absolute Gasteiger partial charge is 0.480 e. The summed E-state index contributed by atoms with van der Waals surface area (Å²) in [6, 6.07) is -2.45. The molecule has 13 heteroatoms. The average molecular weight is 514 g/mol. The van der Waals surface area contributed by atoms with E-state index in [9.17, 15) is 29.1 Å². The first-order valence-corrected chi connectivity index (χ1v) is 12.3. The maximum absolute atomic E-state index is 12.6. The van der Waals surface area contributed by atoms with Gasteiger partial charge in [0.25, 0.3) is 0 Å². The monoisotopic (exact) mass is 513 g/mol. The SMILES string of the molecule is CCCC=C1OC(=O)C2=C1CCC(O)C2SCC(NC(=O)CCC(N)C(=O)O)C(=O)NCC(=O)O. The van der Waals surface area contributed by atoms with Gasteiger partial charge in [0, 0.05) is 17.7 Å². The highest BCUT2D eigenvalue weighted by molar-refractivity contribution is 8.00. The van der Waals surface area contributed by atoms with Crippen LogP contribution in [-0.4, -0.2) is 80.8 Å². The van der Waals surface area contributed by atoms with E-state index in [1.807, 2.05) is 13.0 Å². The Kier molecular flexibility index (Phi) is 10.7. The first kappa shape index (κ1) is 28.3. The molecule has 4 unspecified atom stereocenters. The minimum absolute atomic E-state index is 0.0814. The van der Waals surface area contributed by atoms with Crippen molar-refractivity contribution in [1.82, 2.24) is 10.6 Å². The number of aliphatic hydroxyl groups excluding tert-OH is 1. The first-order chi connectivity index (χ1) is 16.5. The van der Waals surface area contributed by atoms with Crippen LogP contribution >= 0.6 is 11.8 Å². The van der Waals surface area contributed by atoms with Crippen LogP contribution in [0.5, 0.6) is 0 Å². The van der Waals surface area contributed by atoms with Crippen molar-refractivity contribution < 1.29 is 44.0 Å². The molecule has 0 radical (unpaired) electrons. The quantitative estimate of drug-likeness (QED) is 0.176. The predicted molar refractivity (Wildman–Crippen MR) is 125 cm³/mol. The number of carboxylic acid groups (broad SMARTS) is 2. The molecule has 0 aromatic carbocycles. The Morgan fingerprint density at radius 3 is 2.63 bits per heavy atom. The standard InChI is InChI=1S/C22H31N3O9S/c1-2-3-4-15-11-5-7-14(26)19(18(11)22(33)34-15)35-10-13(20(30)24-9-17(28)29)25-16(27)8-6-12(23)21(31)32/h4,12-14,19,26H,2-3,5-10,23H2,1H3,(H,24,30)(H,25,27)(H,28,29)(H,31,32). The van der Waals surface area contributed by atoms with E-state index < -0.39 is 59.7 Å². The zero-order valence-electron chi connectivity index (χ0n) is 19.3. The third-order valence-corrected chi connectivity index (χ3v) is 6.93. The van der Waals surface area contributed by atoms with Crippen LogP contribution < -0.4 is 16.4 Å². The van der Waals surface area contributed by atoms with Crippen LogP contribution in [0.2, 0.25) is 0 Å². The van der Waals surface area contributed by atoms with Gasteiger partial charge < -0.3 is 36.4 Å². The molecule has 1 heterocycles. The minimum atomic E-state index is -1.28. The van der Waals surface area contributed by atoms with Crippen molar-refractivity contribution in [3.63, 3.8) is 0 Å². The molecule has 4 atom stereocenters. The van der Waals surface area contributed by atoms with Crippen molar-refractivity contribution in [2.24, 2.45) is 5.73 Å². The summed E-state index contributed by atoms with van der Waals surface area (Å²) in [7, 11) is 0. The molecular formula is C22H31N3O9S. The van der Waals surface area contributed by atoms with Crippen LogP contribution in [0.1, 0.15) is 45.4 Å². The smallest absolute Gasteiger partial charge is 0.341 e. The summed E-state index contributed by atoms with van der Waals surface area (Å²) in [5.41, 5.74) is 6.46. The maximum Gasteiger partial charge on any atom is 0.341 e. The number of rotatable bonds is 13. The number of thioether (sulfide) groups is 1. The van der Waals surface area contributed by atoms with E-state index in [0.717, 1.165) is 30.2 Å². The number of hydrogen-bond donors (Lipinski definition) is 6. The second kappa shape index (κ2) is 13.3. The Morgan fingerprint density at radius 2 is 2.00 bits per heavy atom. The summed E-state index contributed by atoms with van der Waals surface area (Å²) in [5.74, 6) is -4.11. The van der Waals surface area contributed by atoms with Gasteiger partial charge >= 0.3 is 17.9 Å². The maximum atomic E-state index is 12.6. The molecule has 2 rings (SSSR count). The van der Waals surface area contributed by atoms with E-state index in [-0.39, 0.29) is 18.6 Å². The molecular weight excluding hydrogens is 482 g/mol. The molecule has 0 aromatic rings. The number of hydrogen-bond acceptors (Lipinski definition) is 9. The average Bonchev–Trinajstić information content (AvgIpc) is 3.13. The molecule has 194 valence electrons. The number of ether oxygens (including phenoxy) is 1. The summed E-state index contributed by atoms with van der Waals surface area (Å²) < 4.78 is 5.40. The zero-order valence-corrected chi connectivity index (χ0v) is 20.1. The fraction of sp³-hybridized carbons (Fsp3) is 0.591. The van der Waals surface area contributed by atoms with Gasteiger partial charge in [-0.1, -0.05) is 13.3 Å². The topological polar surface area (TPSA) is 205 Å². The van der Waals surface area contributed by atoms with Crippen molar-refractivity contribution >= 4 is 41.5 Å². The number of carbonyl (C=O) groups excluding carboxylic acids is 3. The summed E-state index contributed by atoms with van der Waals surface area (Å²) in [5, 5.41) is 32.2. The number of nitrogens with two attached hydrogens (primary N) is 1. The molecule has 1 aliphatic heterocycles. The van der Waals surface area contributed by atoms with Gasteiger partial charge in [-0.3, -0.25) is 19.2 Å². The third kappa shape index (κ3) is 8.08. The molecule has 0 aromatic heterocycles. The normalized spacial score (nSPS) is 22.3. The summed E-state index contributed by atoms with van der Waals surface area (Å²) in [4.78, 5) is 59.1. The molecule has 0 bridgehead atoms. The molecule has 0 fully saturated rings. The van der Waals surface area contributed by atoms with Gasteiger partial charge in [-0.2, -0.15) is 0 Å². The van der Waals surface area contributed by atoms with Crippen LogP contribution in [-0.2, 0) is 28.7 Å². The lowest BCUT2D eigenvalue weighted by Gasteiger charge is -2.28. The Morgan fingerprint density at radius 1 is 1.29 bits per heavy atom. The molecule has 0 saturated heterocycles. The lowest BCUT2D eigenvalue weighted by Crippen LogP contribution is -2.50. The van der Waals surface area contributed by atoms with Crippen LogP contribution in [0.25, 0.3) is 0 Å². The van der Waals surface area contributed by atoms with Crippen LogP contribution in [0, 0.1) is 0 Å². The molecule has 2 amide bonds. The van der Waals surface area contributed by atoms with Gasteiger partial charge in [0.15, 0.2) is 0 Å². The van der Waals surface area contributed by atoms with E-state index in [0.29, 0.717) is 24.2 Å². The Hall–Kier alpha value is -2.90. The lowest BCUT2D eigenvalue weighted by atomic mass is 9.89. The molecule has 7 N–H and O–H groups in total. The fourth-order valence-electron chi connectivity index (χ4n) is 3.63. The highest BCUT2D eigenvalue weighted by Crippen LogP contribution is 2.42. The predicted octanol–water partition coefficient (Wildman–Crippen LogP) is -0.342. The minimum Gasteiger partial charge on any atom is -0.480 e. The Labute approximate surface area is 206 Å². The second-order valence-electron chi connectivity index (χ2n) is 8.21. The van der Waals surface area contributed by atoms with E-state index in [2.05, 4.69) is 10.6 Å².